The number of anilines is 2. The zero-order valence-corrected chi connectivity index (χ0v) is 12.3. The van der Waals surface area contributed by atoms with Crippen molar-refractivity contribution >= 4 is 37.5 Å². The van der Waals surface area contributed by atoms with Crippen molar-refractivity contribution in [1.82, 2.24) is 10.2 Å². The van der Waals surface area contributed by atoms with Gasteiger partial charge in [-0.15, -0.1) is 10.2 Å². The minimum atomic E-state index is -3.42. The fourth-order valence-electron chi connectivity index (χ4n) is 1.32. The Labute approximate surface area is 119 Å². The van der Waals surface area contributed by atoms with E-state index in [-0.39, 0.29) is 16.0 Å². The number of furan rings is 1. The van der Waals surface area contributed by atoms with Crippen LogP contribution in [0.1, 0.15) is 23.2 Å². The number of hydrogen-bond donors (Lipinski definition) is 2. The highest BCUT2D eigenvalue weighted by atomic mass is 32.2. The topological polar surface area (TPSA) is 114 Å². The maximum atomic E-state index is 11.8. The van der Waals surface area contributed by atoms with Crippen LogP contribution in [0.25, 0.3) is 0 Å². The summed E-state index contributed by atoms with van der Waals surface area (Å²) in [6.45, 7) is 1.91. The first-order valence-electron chi connectivity index (χ1n) is 5.58. The summed E-state index contributed by atoms with van der Waals surface area (Å²) in [6, 6.07) is 3.27. The second kappa shape index (κ2) is 5.59. The van der Waals surface area contributed by atoms with Crippen molar-refractivity contribution in [2.24, 2.45) is 0 Å². The molecule has 0 bridgehead atoms. The van der Waals surface area contributed by atoms with Gasteiger partial charge < -0.3 is 4.42 Å². The van der Waals surface area contributed by atoms with Crippen molar-refractivity contribution in [2.45, 2.75) is 13.3 Å². The lowest BCUT2D eigenvalue weighted by Gasteiger charge is -1.97. The van der Waals surface area contributed by atoms with Crippen LogP contribution in [0, 0.1) is 0 Å². The molecule has 2 rings (SSSR count). The van der Waals surface area contributed by atoms with E-state index in [4.69, 9.17) is 4.42 Å². The summed E-state index contributed by atoms with van der Waals surface area (Å²) >= 11 is 0.909. The summed E-state index contributed by atoms with van der Waals surface area (Å²) in [5.74, 6) is 0.397. The number of carbonyl (C=O) groups excluding carboxylic acids is 1. The minimum Gasteiger partial charge on any atom is -0.456 e. The molecule has 8 nitrogen and oxygen atoms in total. The summed E-state index contributed by atoms with van der Waals surface area (Å²) in [7, 11) is -3.42. The molecule has 2 N–H and O–H groups in total. The molecule has 0 aliphatic carbocycles. The lowest BCUT2D eigenvalue weighted by atomic mass is 10.3. The van der Waals surface area contributed by atoms with Crippen LogP contribution in [-0.2, 0) is 16.4 Å². The summed E-state index contributed by atoms with van der Waals surface area (Å²) in [6.07, 6.45) is 1.69. The van der Waals surface area contributed by atoms with E-state index in [1.165, 1.54) is 0 Å². The van der Waals surface area contributed by atoms with Gasteiger partial charge in [-0.05, 0) is 12.1 Å². The quantitative estimate of drug-likeness (QED) is 0.859. The third-order valence-electron chi connectivity index (χ3n) is 2.15. The lowest BCUT2D eigenvalue weighted by Crippen LogP contribution is -2.10. The smallest absolute Gasteiger partial charge is 0.293 e. The molecule has 10 heteroatoms. The average molecular weight is 316 g/mol. The van der Waals surface area contributed by atoms with Crippen molar-refractivity contribution in [2.75, 3.05) is 16.3 Å². The van der Waals surface area contributed by atoms with Crippen LogP contribution in [0.5, 0.6) is 0 Å². The molecule has 2 aromatic heterocycles. The first-order chi connectivity index (χ1) is 9.37. The number of aryl methyl sites for hydroxylation is 1. The van der Waals surface area contributed by atoms with Crippen molar-refractivity contribution in [1.29, 1.82) is 0 Å². The molecule has 0 radical (unpaired) electrons. The monoisotopic (exact) mass is 316 g/mol. The fourth-order valence-corrected chi connectivity index (χ4v) is 2.79. The first-order valence-corrected chi connectivity index (χ1v) is 8.29. The van der Waals surface area contributed by atoms with Gasteiger partial charge in [0, 0.05) is 6.42 Å². The third-order valence-corrected chi connectivity index (χ3v) is 3.60. The highest BCUT2D eigenvalue weighted by Gasteiger charge is 2.14. The molecule has 2 aromatic rings. The van der Waals surface area contributed by atoms with E-state index in [0.29, 0.717) is 12.2 Å². The van der Waals surface area contributed by atoms with Crippen LogP contribution >= 0.6 is 11.3 Å². The number of nitrogens with zero attached hydrogens (tertiary/aromatic N) is 2. The molecule has 0 atom stereocenters. The van der Waals surface area contributed by atoms with Gasteiger partial charge in [0.2, 0.25) is 20.3 Å². The van der Waals surface area contributed by atoms with Gasteiger partial charge in [-0.1, -0.05) is 18.3 Å². The van der Waals surface area contributed by atoms with Gasteiger partial charge in [0.15, 0.2) is 5.76 Å². The van der Waals surface area contributed by atoms with Gasteiger partial charge in [-0.2, -0.15) is 0 Å². The van der Waals surface area contributed by atoms with Crippen molar-refractivity contribution < 1.29 is 17.6 Å². The number of nitrogens with one attached hydrogen (secondary N) is 2. The van der Waals surface area contributed by atoms with Crippen LogP contribution in [0.15, 0.2) is 16.5 Å². The van der Waals surface area contributed by atoms with Gasteiger partial charge in [-0.3, -0.25) is 14.8 Å². The molecular formula is C10H12N4O4S2. The lowest BCUT2D eigenvalue weighted by molar-refractivity contribution is 0.0995. The number of carbonyl (C=O) groups is 1. The SMILES string of the molecule is CCc1ccc(C(=O)Nc2nnc(NS(C)(=O)=O)s2)o1. The molecule has 0 saturated heterocycles. The minimum absolute atomic E-state index is 0.0801. The van der Waals surface area contributed by atoms with Crippen molar-refractivity contribution in [3.05, 3.63) is 23.7 Å². The van der Waals surface area contributed by atoms with Gasteiger partial charge in [0.05, 0.1) is 6.26 Å². The van der Waals surface area contributed by atoms with Crippen LogP contribution in [0.3, 0.4) is 0 Å². The zero-order valence-electron chi connectivity index (χ0n) is 10.7. The van der Waals surface area contributed by atoms with Crippen molar-refractivity contribution in [3.8, 4) is 0 Å². The van der Waals surface area contributed by atoms with E-state index in [1.807, 2.05) is 6.92 Å². The van der Waals surface area contributed by atoms with Gasteiger partial charge >= 0.3 is 0 Å². The maximum absolute atomic E-state index is 11.8. The largest absolute Gasteiger partial charge is 0.456 e. The number of hydrogen-bond acceptors (Lipinski definition) is 7. The van der Waals surface area contributed by atoms with E-state index in [1.54, 1.807) is 12.1 Å². The zero-order chi connectivity index (χ0) is 14.8. The standard InChI is InChI=1S/C10H12N4O4S2/c1-3-6-4-5-7(18-6)8(15)11-9-12-13-10(19-9)14-20(2,16)17/h4-5H,3H2,1-2H3,(H,13,14)(H,11,12,15). The molecule has 1 amide bonds. The predicted octanol–water partition coefficient (Wildman–Crippen LogP) is 1.32. The van der Waals surface area contributed by atoms with Crippen LogP contribution in [-0.4, -0.2) is 30.8 Å². The number of amides is 1. The van der Waals surface area contributed by atoms with Crippen molar-refractivity contribution in [3.63, 3.8) is 0 Å². The molecule has 0 saturated carbocycles. The molecular weight excluding hydrogens is 304 g/mol. The predicted molar refractivity (Wildman–Crippen MR) is 74.4 cm³/mol. The molecule has 0 unspecified atom stereocenters. The van der Waals surface area contributed by atoms with Gasteiger partial charge in [0.25, 0.3) is 5.91 Å². The Morgan fingerprint density at radius 2 is 2.05 bits per heavy atom. The highest BCUT2D eigenvalue weighted by molar-refractivity contribution is 7.92. The molecule has 2 heterocycles. The molecule has 0 aromatic carbocycles. The molecule has 108 valence electrons. The molecule has 0 spiro atoms. The molecule has 0 aliphatic rings. The normalized spacial score (nSPS) is 11.3. The number of sulfonamides is 1. The molecule has 0 fully saturated rings. The Morgan fingerprint density at radius 1 is 1.35 bits per heavy atom. The molecule has 0 aliphatic heterocycles. The van der Waals surface area contributed by atoms with Crippen LogP contribution in [0.4, 0.5) is 10.3 Å². The Morgan fingerprint density at radius 3 is 2.65 bits per heavy atom. The second-order valence-electron chi connectivity index (χ2n) is 3.86. The van der Waals surface area contributed by atoms with E-state index in [0.717, 1.165) is 17.6 Å². The van der Waals surface area contributed by atoms with Crippen LogP contribution < -0.4 is 10.0 Å². The van der Waals surface area contributed by atoms with E-state index in [2.05, 4.69) is 20.2 Å². The van der Waals surface area contributed by atoms with E-state index >= 15 is 0 Å². The maximum Gasteiger partial charge on any atom is 0.293 e. The number of rotatable bonds is 5. The summed E-state index contributed by atoms with van der Waals surface area (Å²) in [5.41, 5.74) is 0. The average Bonchev–Trinajstić information content (AvgIpc) is 2.96. The second-order valence-corrected chi connectivity index (χ2v) is 6.59. The Balaban J connectivity index is 2.05. The Hall–Kier alpha value is -1.94. The van der Waals surface area contributed by atoms with E-state index in [9.17, 15) is 13.2 Å². The highest BCUT2D eigenvalue weighted by Crippen LogP contribution is 2.21. The van der Waals surface area contributed by atoms with E-state index < -0.39 is 15.9 Å². The van der Waals surface area contributed by atoms with Crippen LogP contribution in [0.2, 0.25) is 0 Å². The fraction of sp³-hybridized carbons (Fsp3) is 0.300. The Kier molecular flexibility index (Phi) is 4.04. The third kappa shape index (κ3) is 3.78. The van der Waals surface area contributed by atoms with Gasteiger partial charge in [-0.25, -0.2) is 8.42 Å². The Bertz CT molecular complexity index is 719. The summed E-state index contributed by atoms with van der Waals surface area (Å²) in [5, 5.41) is 10.00. The van der Waals surface area contributed by atoms with Gasteiger partial charge in [0.1, 0.15) is 5.76 Å². The number of aromatic nitrogens is 2. The summed E-state index contributed by atoms with van der Waals surface area (Å²) < 4.78 is 29.5. The molecule has 20 heavy (non-hydrogen) atoms. The first kappa shape index (κ1) is 14.5. The summed E-state index contributed by atoms with van der Waals surface area (Å²) in [4.78, 5) is 11.8.